The molecule has 0 aromatic carbocycles. The van der Waals surface area contributed by atoms with Crippen molar-refractivity contribution in [2.45, 2.75) is 51.2 Å². The molecule has 1 unspecified atom stereocenters. The van der Waals surface area contributed by atoms with E-state index in [4.69, 9.17) is 5.73 Å². The highest BCUT2D eigenvalue weighted by molar-refractivity contribution is 7.15. The summed E-state index contributed by atoms with van der Waals surface area (Å²) in [5, 5.41) is 3.85. The van der Waals surface area contributed by atoms with E-state index in [-0.39, 0.29) is 24.4 Å². The number of rotatable bonds is 5. The van der Waals surface area contributed by atoms with E-state index < -0.39 is 0 Å². The molecular weight excluding hydrogens is 346 g/mol. The lowest BCUT2D eigenvalue weighted by Crippen LogP contribution is -2.54. The molecule has 1 amide bonds. The van der Waals surface area contributed by atoms with Gasteiger partial charge in [0.2, 0.25) is 5.91 Å². The summed E-state index contributed by atoms with van der Waals surface area (Å²) >= 11 is 1.56. The van der Waals surface area contributed by atoms with Crippen molar-refractivity contribution in [2.75, 3.05) is 31.9 Å². The molecular formula is C16H28ClN5OS. The molecule has 0 radical (unpaired) electrons. The number of halogens is 1. The highest BCUT2D eigenvalue weighted by Crippen LogP contribution is 2.19. The maximum Gasteiger partial charge on any atom is 0.237 e. The second-order valence-corrected chi connectivity index (χ2v) is 7.79. The van der Waals surface area contributed by atoms with Gasteiger partial charge in [-0.2, -0.15) is 0 Å². The molecule has 8 heteroatoms. The van der Waals surface area contributed by atoms with Crippen molar-refractivity contribution < 1.29 is 4.79 Å². The minimum Gasteiger partial charge on any atom is -0.375 e. The van der Waals surface area contributed by atoms with E-state index in [1.54, 1.807) is 11.3 Å². The average Bonchev–Trinajstić information content (AvgIpc) is 3.19. The number of thiazole rings is 1. The Bertz CT molecular complexity index is 526. The highest BCUT2D eigenvalue weighted by atomic mass is 35.5. The predicted octanol–water partition coefficient (Wildman–Crippen LogP) is 1.71. The molecule has 1 atom stereocenters. The van der Waals surface area contributed by atoms with Crippen molar-refractivity contribution in [3.8, 4) is 0 Å². The smallest absolute Gasteiger partial charge is 0.237 e. The second-order valence-electron chi connectivity index (χ2n) is 6.64. The van der Waals surface area contributed by atoms with Gasteiger partial charge in [0.25, 0.3) is 0 Å². The first-order chi connectivity index (χ1) is 11.1. The number of amides is 1. The van der Waals surface area contributed by atoms with Gasteiger partial charge in [0.15, 0.2) is 5.13 Å². The van der Waals surface area contributed by atoms with Crippen LogP contribution in [-0.4, -0.2) is 59.0 Å². The van der Waals surface area contributed by atoms with Crippen LogP contribution in [0.2, 0.25) is 0 Å². The molecule has 1 saturated carbocycles. The van der Waals surface area contributed by atoms with Gasteiger partial charge in [-0.15, -0.1) is 23.7 Å². The molecule has 2 heterocycles. The van der Waals surface area contributed by atoms with Gasteiger partial charge in [0.05, 0.1) is 6.04 Å². The molecule has 0 bridgehead atoms. The standard InChI is InChI=1S/C16H27N5OS.ClH/c1-12(15(22)19-13-4-2-3-5-13)21-8-6-20(7-9-21)11-14-10-18-16(17)23-14;/h10,12-13H,2-9,11H2,1H3,(H2,17,18)(H,19,22);1H. The normalized spacial score (nSPS) is 21.4. The number of hydrogen-bond acceptors (Lipinski definition) is 6. The molecule has 3 N–H and O–H groups in total. The molecule has 1 aromatic rings. The summed E-state index contributed by atoms with van der Waals surface area (Å²) in [7, 11) is 0. The van der Waals surface area contributed by atoms with E-state index in [0.29, 0.717) is 11.2 Å². The van der Waals surface area contributed by atoms with Gasteiger partial charge in [0.1, 0.15) is 0 Å². The Kier molecular flexibility index (Phi) is 7.28. The van der Waals surface area contributed by atoms with Crippen molar-refractivity contribution in [2.24, 2.45) is 0 Å². The third kappa shape index (κ3) is 5.05. The van der Waals surface area contributed by atoms with Crippen LogP contribution < -0.4 is 11.1 Å². The zero-order valence-electron chi connectivity index (χ0n) is 14.2. The van der Waals surface area contributed by atoms with Crippen LogP contribution in [0.1, 0.15) is 37.5 Å². The Labute approximate surface area is 154 Å². The van der Waals surface area contributed by atoms with E-state index in [1.165, 1.54) is 17.7 Å². The Morgan fingerprint density at radius 1 is 1.38 bits per heavy atom. The highest BCUT2D eigenvalue weighted by Gasteiger charge is 2.27. The summed E-state index contributed by atoms with van der Waals surface area (Å²) in [4.78, 5) is 22.4. The maximum atomic E-state index is 12.4. The van der Waals surface area contributed by atoms with E-state index >= 15 is 0 Å². The average molecular weight is 374 g/mol. The second kappa shape index (κ2) is 8.99. The first-order valence-electron chi connectivity index (χ1n) is 8.59. The summed E-state index contributed by atoms with van der Waals surface area (Å²) in [5.41, 5.74) is 5.68. The van der Waals surface area contributed by atoms with Crippen LogP contribution >= 0.6 is 23.7 Å². The fraction of sp³-hybridized carbons (Fsp3) is 0.750. The SMILES string of the molecule is CC(C(=O)NC1CCCC1)N1CCN(Cc2cnc(N)s2)CC1.Cl. The summed E-state index contributed by atoms with van der Waals surface area (Å²) in [6, 6.07) is 0.375. The molecule has 3 rings (SSSR count). The fourth-order valence-corrected chi connectivity index (χ4v) is 4.21. The molecule has 1 aliphatic carbocycles. The molecule has 0 spiro atoms. The number of aromatic nitrogens is 1. The van der Waals surface area contributed by atoms with Gasteiger partial charge < -0.3 is 11.1 Å². The van der Waals surface area contributed by atoms with E-state index in [2.05, 4.69) is 20.1 Å². The van der Waals surface area contributed by atoms with Crippen molar-refractivity contribution in [1.82, 2.24) is 20.1 Å². The number of nitrogens with one attached hydrogen (secondary N) is 1. The van der Waals surface area contributed by atoms with Gasteiger partial charge in [-0.05, 0) is 19.8 Å². The number of hydrogen-bond donors (Lipinski definition) is 2. The van der Waals surface area contributed by atoms with Gasteiger partial charge in [-0.25, -0.2) is 4.98 Å². The van der Waals surface area contributed by atoms with Gasteiger partial charge in [-0.1, -0.05) is 12.8 Å². The molecule has 1 saturated heterocycles. The van der Waals surface area contributed by atoms with Crippen LogP contribution in [0.3, 0.4) is 0 Å². The Morgan fingerprint density at radius 2 is 2.04 bits per heavy atom. The molecule has 2 fully saturated rings. The number of nitrogens with two attached hydrogens (primary N) is 1. The molecule has 6 nitrogen and oxygen atoms in total. The molecule has 24 heavy (non-hydrogen) atoms. The first kappa shape index (κ1) is 19.4. The quantitative estimate of drug-likeness (QED) is 0.821. The lowest BCUT2D eigenvalue weighted by atomic mass is 10.2. The Balaban J connectivity index is 0.00000208. The number of anilines is 1. The zero-order chi connectivity index (χ0) is 16.2. The number of piperazine rings is 1. The Hall–Kier alpha value is -0.890. The van der Waals surface area contributed by atoms with Crippen LogP contribution in [-0.2, 0) is 11.3 Å². The van der Waals surface area contributed by atoms with Crippen LogP contribution in [0.15, 0.2) is 6.20 Å². The molecule has 2 aliphatic rings. The predicted molar refractivity (Wildman–Crippen MR) is 100 cm³/mol. The summed E-state index contributed by atoms with van der Waals surface area (Å²) in [5.74, 6) is 0.195. The lowest BCUT2D eigenvalue weighted by molar-refractivity contribution is -0.127. The van der Waals surface area contributed by atoms with Crippen molar-refractivity contribution in [1.29, 1.82) is 0 Å². The fourth-order valence-electron chi connectivity index (χ4n) is 3.48. The van der Waals surface area contributed by atoms with Crippen molar-refractivity contribution in [3.05, 3.63) is 11.1 Å². The first-order valence-corrected chi connectivity index (χ1v) is 9.40. The van der Waals surface area contributed by atoms with E-state index in [1.807, 2.05) is 13.1 Å². The van der Waals surface area contributed by atoms with Gasteiger partial charge in [0, 0.05) is 49.8 Å². The molecule has 1 aliphatic heterocycles. The molecule has 1 aromatic heterocycles. The molecule has 136 valence electrons. The summed E-state index contributed by atoms with van der Waals surface area (Å²) in [6.07, 6.45) is 6.65. The van der Waals surface area contributed by atoms with E-state index in [9.17, 15) is 4.79 Å². The van der Waals surface area contributed by atoms with E-state index in [0.717, 1.165) is 45.6 Å². The number of carbonyl (C=O) groups excluding carboxylic acids is 1. The third-order valence-electron chi connectivity index (χ3n) is 4.99. The monoisotopic (exact) mass is 373 g/mol. The summed E-state index contributed by atoms with van der Waals surface area (Å²) in [6.45, 7) is 6.79. The maximum absolute atomic E-state index is 12.4. The van der Waals surface area contributed by atoms with Crippen LogP contribution in [0, 0.1) is 0 Å². The number of nitrogen functional groups attached to an aromatic ring is 1. The number of nitrogens with zero attached hydrogens (tertiary/aromatic N) is 3. The largest absolute Gasteiger partial charge is 0.375 e. The summed E-state index contributed by atoms with van der Waals surface area (Å²) < 4.78 is 0. The minimum absolute atomic E-state index is 0. The van der Waals surface area contributed by atoms with Crippen LogP contribution in [0.4, 0.5) is 5.13 Å². The third-order valence-corrected chi connectivity index (χ3v) is 5.80. The van der Waals surface area contributed by atoms with Gasteiger partial charge in [-0.3, -0.25) is 14.6 Å². The van der Waals surface area contributed by atoms with Crippen LogP contribution in [0.5, 0.6) is 0 Å². The number of carbonyl (C=O) groups is 1. The zero-order valence-corrected chi connectivity index (χ0v) is 15.9. The minimum atomic E-state index is -0.0307. The van der Waals surface area contributed by atoms with Gasteiger partial charge >= 0.3 is 0 Å². The van der Waals surface area contributed by atoms with Crippen molar-refractivity contribution >= 4 is 34.8 Å². The van der Waals surface area contributed by atoms with Crippen molar-refractivity contribution in [3.63, 3.8) is 0 Å². The lowest BCUT2D eigenvalue weighted by Gasteiger charge is -2.37. The van der Waals surface area contributed by atoms with Crippen LogP contribution in [0.25, 0.3) is 0 Å². The Morgan fingerprint density at radius 3 is 2.62 bits per heavy atom. The topological polar surface area (TPSA) is 74.5 Å².